The van der Waals surface area contributed by atoms with Crippen LogP contribution in [0.2, 0.25) is 0 Å². The number of rotatable bonds is 7. The average Bonchev–Trinajstić information content (AvgIpc) is 2.61. The predicted octanol–water partition coefficient (Wildman–Crippen LogP) is 3.77. The van der Waals surface area contributed by atoms with Crippen molar-refractivity contribution in [3.8, 4) is 0 Å². The van der Waals surface area contributed by atoms with Gasteiger partial charge in [-0.1, -0.05) is 39.3 Å². The molecule has 154 valence electrons. The number of hydrogen-bond acceptors (Lipinski definition) is 4. The van der Waals surface area contributed by atoms with Crippen LogP contribution in [0.1, 0.15) is 63.7 Å². The minimum Gasteiger partial charge on any atom is -0.458 e. The van der Waals surface area contributed by atoms with Gasteiger partial charge >= 0.3 is 5.97 Å². The molecule has 0 radical (unpaired) electrons. The summed E-state index contributed by atoms with van der Waals surface area (Å²) in [7, 11) is 0. The predicted molar refractivity (Wildman–Crippen MR) is 109 cm³/mol. The number of para-hydroxylation sites is 1. The second-order valence-electron chi connectivity index (χ2n) is 8.10. The molecule has 0 aliphatic heterocycles. The van der Waals surface area contributed by atoms with Crippen molar-refractivity contribution in [2.24, 2.45) is 17.8 Å². The van der Waals surface area contributed by atoms with Crippen LogP contribution in [0.3, 0.4) is 0 Å². The van der Waals surface area contributed by atoms with Crippen LogP contribution in [0.5, 0.6) is 0 Å². The fourth-order valence-electron chi connectivity index (χ4n) is 3.79. The molecule has 0 spiro atoms. The molecule has 2 N–H and O–H groups in total. The van der Waals surface area contributed by atoms with E-state index >= 15 is 0 Å². The molecule has 2 rings (SSSR count). The van der Waals surface area contributed by atoms with E-state index in [1.807, 2.05) is 0 Å². The lowest BCUT2D eigenvalue weighted by atomic mass is 9.75. The molecule has 28 heavy (non-hydrogen) atoms. The zero-order chi connectivity index (χ0) is 20.7. The molecular formula is C22H32N2O4. The third kappa shape index (κ3) is 6.36. The summed E-state index contributed by atoms with van der Waals surface area (Å²) in [5.74, 6) is 0.506. The highest BCUT2D eigenvalue weighted by Crippen LogP contribution is 2.36. The van der Waals surface area contributed by atoms with Gasteiger partial charge in [0.15, 0.2) is 0 Å². The van der Waals surface area contributed by atoms with E-state index in [-0.39, 0.29) is 30.9 Å². The maximum Gasteiger partial charge on any atom is 0.340 e. The van der Waals surface area contributed by atoms with E-state index in [1.54, 1.807) is 24.3 Å². The Morgan fingerprint density at radius 2 is 1.89 bits per heavy atom. The summed E-state index contributed by atoms with van der Waals surface area (Å²) < 4.78 is 5.91. The minimum atomic E-state index is -0.400. The Kier molecular flexibility index (Phi) is 8.03. The van der Waals surface area contributed by atoms with Crippen LogP contribution in [0.25, 0.3) is 0 Å². The molecule has 1 aliphatic rings. The van der Waals surface area contributed by atoms with E-state index in [0.29, 0.717) is 29.0 Å². The van der Waals surface area contributed by atoms with Crippen molar-refractivity contribution in [1.29, 1.82) is 0 Å². The standard InChI is InChI=1S/C22H32N2O4/c1-14(2)17-10-9-15(3)13-20(17)28-22(27)18-7-5-6-8-19(18)24-21(26)11-12-23-16(4)25/h5-8,14-15,17,20H,9-13H2,1-4H3,(H,23,25)(H,24,26). The van der Waals surface area contributed by atoms with Crippen LogP contribution in [-0.4, -0.2) is 30.4 Å². The van der Waals surface area contributed by atoms with Gasteiger partial charge < -0.3 is 15.4 Å². The van der Waals surface area contributed by atoms with Crippen LogP contribution >= 0.6 is 0 Å². The molecule has 3 unspecified atom stereocenters. The zero-order valence-electron chi connectivity index (χ0n) is 17.3. The first-order valence-corrected chi connectivity index (χ1v) is 10.1. The van der Waals surface area contributed by atoms with E-state index in [4.69, 9.17) is 4.74 Å². The van der Waals surface area contributed by atoms with E-state index < -0.39 is 5.97 Å². The van der Waals surface area contributed by atoms with Gasteiger partial charge in [0.2, 0.25) is 11.8 Å². The fraction of sp³-hybridized carbons (Fsp3) is 0.591. The second kappa shape index (κ2) is 10.2. The third-order valence-electron chi connectivity index (χ3n) is 5.37. The Morgan fingerprint density at radius 3 is 2.57 bits per heavy atom. The summed E-state index contributed by atoms with van der Waals surface area (Å²) in [5.41, 5.74) is 0.793. The maximum atomic E-state index is 12.9. The van der Waals surface area contributed by atoms with Crippen LogP contribution in [0.4, 0.5) is 5.69 Å². The second-order valence-corrected chi connectivity index (χ2v) is 8.10. The van der Waals surface area contributed by atoms with Gasteiger partial charge in [0.1, 0.15) is 6.10 Å². The molecule has 2 amide bonds. The minimum absolute atomic E-state index is 0.0974. The third-order valence-corrected chi connectivity index (χ3v) is 5.37. The first-order valence-electron chi connectivity index (χ1n) is 10.1. The summed E-state index contributed by atoms with van der Waals surface area (Å²) in [6, 6.07) is 6.88. The monoisotopic (exact) mass is 388 g/mol. The number of carbonyl (C=O) groups is 3. The van der Waals surface area contributed by atoms with Crippen molar-refractivity contribution in [1.82, 2.24) is 5.32 Å². The van der Waals surface area contributed by atoms with Crippen LogP contribution in [0.15, 0.2) is 24.3 Å². The van der Waals surface area contributed by atoms with Gasteiger partial charge in [0, 0.05) is 19.9 Å². The van der Waals surface area contributed by atoms with E-state index in [2.05, 4.69) is 31.4 Å². The molecule has 3 atom stereocenters. The molecule has 0 saturated heterocycles. The van der Waals surface area contributed by atoms with E-state index in [9.17, 15) is 14.4 Å². The molecule has 0 heterocycles. The van der Waals surface area contributed by atoms with Gasteiger partial charge in [-0.15, -0.1) is 0 Å². The smallest absolute Gasteiger partial charge is 0.340 e. The van der Waals surface area contributed by atoms with Gasteiger partial charge in [-0.3, -0.25) is 9.59 Å². The van der Waals surface area contributed by atoms with Gasteiger partial charge in [-0.25, -0.2) is 4.79 Å². The number of amides is 2. The number of carbonyl (C=O) groups excluding carboxylic acids is 3. The molecule has 0 aromatic heterocycles. The average molecular weight is 389 g/mol. The van der Waals surface area contributed by atoms with Crippen molar-refractivity contribution < 1.29 is 19.1 Å². The Bertz CT molecular complexity index is 702. The van der Waals surface area contributed by atoms with Crippen molar-refractivity contribution in [2.45, 2.75) is 59.5 Å². The molecule has 1 aromatic carbocycles. The van der Waals surface area contributed by atoms with Gasteiger partial charge in [-0.2, -0.15) is 0 Å². The summed E-state index contributed by atoms with van der Waals surface area (Å²) in [5, 5.41) is 5.34. The number of anilines is 1. The molecule has 1 aliphatic carbocycles. The van der Waals surface area contributed by atoms with Crippen molar-refractivity contribution >= 4 is 23.5 Å². The lowest BCUT2D eigenvalue weighted by molar-refractivity contribution is -0.119. The van der Waals surface area contributed by atoms with Gasteiger partial charge in [0.25, 0.3) is 0 Å². The summed E-state index contributed by atoms with van der Waals surface area (Å²) >= 11 is 0. The van der Waals surface area contributed by atoms with Crippen molar-refractivity contribution in [3.05, 3.63) is 29.8 Å². The highest BCUT2D eigenvalue weighted by molar-refractivity contribution is 6.01. The molecule has 1 saturated carbocycles. The first-order chi connectivity index (χ1) is 13.3. The number of benzene rings is 1. The fourth-order valence-corrected chi connectivity index (χ4v) is 3.79. The summed E-state index contributed by atoms with van der Waals surface area (Å²) in [4.78, 5) is 35.9. The lowest BCUT2D eigenvalue weighted by Crippen LogP contribution is -2.36. The normalized spacial score (nSPS) is 21.8. The molecule has 6 nitrogen and oxygen atoms in total. The Balaban J connectivity index is 2.05. The Hall–Kier alpha value is -2.37. The SMILES string of the molecule is CC(=O)NCCC(=O)Nc1ccccc1C(=O)OC1CC(C)CCC1C(C)C. The summed E-state index contributed by atoms with van der Waals surface area (Å²) in [6.45, 7) is 8.19. The number of hydrogen-bond donors (Lipinski definition) is 2. The van der Waals surface area contributed by atoms with Crippen molar-refractivity contribution in [2.75, 3.05) is 11.9 Å². The lowest BCUT2D eigenvalue weighted by Gasteiger charge is -2.36. The largest absolute Gasteiger partial charge is 0.458 e. The molecule has 6 heteroatoms. The molecule has 0 bridgehead atoms. The molecule has 1 aromatic rings. The Labute approximate surface area is 167 Å². The van der Waals surface area contributed by atoms with Gasteiger partial charge in [-0.05, 0) is 42.7 Å². The molecule has 1 fully saturated rings. The van der Waals surface area contributed by atoms with Crippen LogP contribution in [0, 0.1) is 17.8 Å². The number of ether oxygens (including phenoxy) is 1. The Morgan fingerprint density at radius 1 is 1.18 bits per heavy atom. The zero-order valence-corrected chi connectivity index (χ0v) is 17.3. The van der Waals surface area contributed by atoms with Crippen LogP contribution in [-0.2, 0) is 14.3 Å². The quantitative estimate of drug-likeness (QED) is 0.697. The topological polar surface area (TPSA) is 84.5 Å². The van der Waals surface area contributed by atoms with Crippen molar-refractivity contribution in [3.63, 3.8) is 0 Å². The molecular weight excluding hydrogens is 356 g/mol. The highest BCUT2D eigenvalue weighted by atomic mass is 16.5. The van der Waals surface area contributed by atoms with E-state index in [1.165, 1.54) is 6.92 Å². The van der Waals surface area contributed by atoms with E-state index in [0.717, 1.165) is 19.3 Å². The number of esters is 1. The summed E-state index contributed by atoms with van der Waals surface area (Å²) in [6.07, 6.45) is 3.15. The van der Waals surface area contributed by atoms with Crippen LogP contribution < -0.4 is 10.6 Å². The van der Waals surface area contributed by atoms with Gasteiger partial charge in [0.05, 0.1) is 11.3 Å². The maximum absolute atomic E-state index is 12.9. The first kappa shape index (κ1) is 21.9. The number of nitrogens with one attached hydrogen (secondary N) is 2. The highest BCUT2D eigenvalue weighted by Gasteiger charge is 2.34.